The van der Waals surface area contributed by atoms with E-state index in [1.807, 2.05) is 18.2 Å². The van der Waals surface area contributed by atoms with E-state index in [0.717, 1.165) is 48.1 Å². The lowest BCUT2D eigenvalue weighted by molar-refractivity contribution is 0.291. The van der Waals surface area contributed by atoms with Crippen molar-refractivity contribution in [1.29, 1.82) is 0 Å². The van der Waals surface area contributed by atoms with Crippen molar-refractivity contribution in [2.75, 3.05) is 20.2 Å². The number of hydrogen-bond acceptors (Lipinski definition) is 4. The van der Waals surface area contributed by atoms with E-state index in [0.29, 0.717) is 0 Å². The predicted molar refractivity (Wildman–Crippen MR) is 120 cm³/mol. The van der Waals surface area contributed by atoms with Crippen LogP contribution in [0.1, 0.15) is 17.7 Å². The normalized spacial score (nSPS) is 14.9. The zero-order chi connectivity index (χ0) is 19.6. The summed E-state index contributed by atoms with van der Waals surface area (Å²) < 4.78 is 5.33. The molecule has 1 aliphatic heterocycles. The number of methoxy groups -OCH3 is 1. The van der Waals surface area contributed by atoms with Gasteiger partial charge in [-0.25, -0.2) is 4.98 Å². The van der Waals surface area contributed by atoms with Gasteiger partial charge in [-0.05, 0) is 30.2 Å². The number of hydrogen-bond donors (Lipinski definition) is 1. The summed E-state index contributed by atoms with van der Waals surface area (Å²) >= 11 is 1.70. The average molecular weight is 402 g/mol. The maximum atomic E-state index is 5.33. The van der Waals surface area contributed by atoms with E-state index in [1.54, 1.807) is 18.4 Å². The SMILES string of the molecule is COc1cccc(-c2nc(CN3CC=C(c4c[nH]c5ccccc45)CC3)cs2)c1. The van der Waals surface area contributed by atoms with Gasteiger partial charge in [0.05, 0.1) is 12.8 Å². The van der Waals surface area contributed by atoms with Gasteiger partial charge >= 0.3 is 0 Å². The molecule has 0 spiro atoms. The molecular formula is C24H23N3OS. The van der Waals surface area contributed by atoms with Gasteiger partial charge < -0.3 is 9.72 Å². The number of thiazole rings is 1. The number of H-pyrrole nitrogens is 1. The van der Waals surface area contributed by atoms with Crippen LogP contribution < -0.4 is 4.74 Å². The minimum absolute atomic E-state index is 0.866. The minimum Gasteiger partial charge on any atom is -0.497 e. The van der Waals surface area contributed by atoms with Crippen molar-refractivity contribution in [2.45, 2.75) is 13.0 Å². The lowest BCUT2D eigenvalue weighted by atomic mass is 9.99. The molecule has 5 heteroatoms. The Kier molecular flexibility index (Phi) is 4.92. The number of ether oxygens (including phenoxy) is 1. The van der Waals surface area contributed by atoms with Gasteiger partial charge in [0.2, 0.25) is 0 Å². The molecule has 0 fully saturated rings. The van der Waals surface area contributed by atoms with Crippen molar-refractivity contribution in [3.05, 3.63) is 77.4 Å². The summed E-state index contributed by atoms with van der Waals surface area (Å²) in [5.74, 6) is 0.866. The summed E-state index contributed by atoms with van der Waals surface area (Å²) in [5, 5.41) is 4.54. The van der Waals surface area contributed by atoms with Gasteiger partial charge in [0.15, 0.2) is 0 Å². The number of nitrogens with one attached hydrogen (secondary N) is 1. The summed E-state index contributed by atoms with van der Waals surface area (Å²) in [6.45, 7) is 2.90. The van der Waals surface area contributed by atoms with Crippen LogP contribution in [-0.2, 0) is 6.54 Å². The van der Waals surface area contributed by atoms with Crippen LogP contribution in [0.3, 0.4) is 0 Å². The van der Waals surface area contributed by atoms with E-state index >= 15 is 0 Å². The highest BCUT2D eigenvalue weighted by atomic mass is 32.1. The monoisotopic (exact) mass is 401 g/mol. The fraction of sp³-hybridized carbons (Fsp3) is 0.208. The molecule has 146 valence electrons. The number of fused-ring (bicyclic) bond motifs is 1. The van der Waals surface area contributed by atoms with Gasteiger partial charge in [0.25, 0.3) is 0 Å². The van der Waals surface area contributed by atoms with Crippen LogP contribution in [0.4, 0.5) is 0 Å². The largest absolute Gasteiger partial charge is 0.497 e. The highest BCUT2D eigenvalue weighted by Gasteiger charge is 2.17. The number of para-hydroxylation sites is 1. The van der Waals surface area contributed by atoms with E-state index in [9.17, 15) is 0 Å². The van der Waals surface area contributed by atoms with Gasteiger partial charge in [-0.15, -0.1) is 11.3 Å². The molecule has 0 saturated heterocycles. The molecule has 29 heavy (non-hydrogen) atoms. The molecule has 3 heterocycles. The van der Waals surface area contributed by atoms with Gasteiger partial charge in [0, 0.05) is 53.2 Å². The highest BCUT2D eigenvalue weighted by molar-refractivity contribution is 7.13. The molecule has 0 saturated carbocycles. The van der Waals surface area contributed by atoms with Gasteiger partial charge in [-0.2, -0.15) is 0 Å². The van der Waals surface area contributed by atoms with E-state index in [1.165, 1.54) is 22.0 Å². The fourth-order valence-corrected chi connectivity index (χ4v) is 4.74. The van der Waals surface area contributed by atoms with Crippen LogP contribution >= 0.6 is 11.3 Å². The fourth-order valence-electron chi connectivity index (χ4n) is 3.93. The van der Waals surface area contributed by atoms with E-state index < -0.39 is 0 Å². The molecule has 2 aromatic heterocycles. The van der Waals surface area contributed by atoms with Crippen LogP contribution in [-0.4, -0.2) is 35.1 Å². The first-order valence-corrected chi connectivity index (χ1v) is 10.7. The molecule has 4 aromatic rings. The summed E-state index contributed by atoms with van der Waals surface area (Å²) in [5.41, 5.74) is 6.24. The lowest BCUT2D eigenvalue weighted by Crippen LogP contribution is -2.28. The Morgan fingerprint density at radius 1 is 1.17 bits per heavy atom. The van der Waals surface area contributed by atoms with Crippen molar-refractivity contribution >= 4 is 27.8 Å². The van der Waals surface area contributed by atoms with Crippen LogP contribution in [0.5, 0.6) is 5.75 Å². The summed E-state index contributed by atoms with van der Waals surface area (Å²) in [6, 6.07) is 16.6. The first-order valence-electron chi connectivity index (χ1n) is 9.87. The maximum Gasteiger partial charge on any atom is 0.123 e. The van der Waals surface area contributed by atoms with Crippen LogP contribution in [0, 0.1) is 0 Å². The van der Waals surface area contributed by atoms with E-state index in [2.05, 4.69) is 57.9 Å². The minimum atomic E-state index is 0.866. The van der Waals surface area contributed by atoms with E-state index in [-0.39, 0.29) is 0 Å². The molecule has 0 radical (unpaired) electrons. The molecule has 4 nitrogen and oxygen atoms in total. The molecule has 0 atom stereocenters. The molecule has 1 N–H and O–H groups in total. The Hall–Kier alpha value is -2.89. The van der Waals surface area contributed by atoms with E-state index in [4.69, 9.17) is 9.72 Å². The summed E-state index contributed by atoms with van der Waals surface area (Å²) in [4.78, 5) is 10.7. The Balaban J connectivity index is 1.28. The Morgan fingerprint density at radius 2 is 2.10 bits per heavy atom. The van der Waals surface area contributed by atoms with Crippen LogP contribution in [0.2, 0.25) is 0 Å². The third-order valence-corrected chi connectivity index (χ3v) is 6.42. The van der Waals surface area contributed by atoms with Crippen molar-refractivity contribution in [3.8, 4) is 16.3 Å². The molecule has 5 rings (SSSR count). The molecule has 0 unspecified atom stereocenters. The molecule has 2 aromatic carbocycles. The Morgan fingerprint density at radius 3 is 2.97 bits per heavy atom. The van der Waals surface area contributed by atoms with Crippen molar-refractivity contribution in [1.82, 2.24) is 14.9 Å². The van der Waals surface area contributed by atoms with Crippen molar-refractivity contribution in [3.63, 3.8) is 0 Å². The predicted octanol–water partition coefficient (Wildman–Crippen LogP) is 5.59. The van der Waals surface area contributed by atoms with Crippen molar-refractivity contribution < 1.29 is 4.74 Å². The Bertz CT molecular complexity index is 1170. The standard InChI is InChI=1S/C24H23N3OS/c1-28-20-6-4-5-18(13-20)24-26-19(16-29-24)15-27-11-9-17(10-12-27)22-14-25-23-8-3-2-7-21(22)23/h2-9,13-14,16,25H,10-12,15H2,1H3. The quantitative estimate of drug-likeness (QED) is 0.474. The van der Waals surface area contributed by atoms with Crippen LogP contribution in [0.25, 0.3) is 27.0 Å². The zero-order valence-electron chi connectivity index (χ0n) is 16.4. The zero-order valence-corrected chi connectivity index (χ0v) is 17.2. The second-order valence-electron chi connectivity index (χ2n) is 7.34. The average Bonchev–Trinajstić information content (AvgIpc) is 3.42. The van der Waals surface area contributed by atoms with Gasteiger partial charge in [0.1, 0.15) is 10.8 Å². The third-order valence-electron chi connectivity index (χ3n) is 5.48. The number of nitrogens with zero attached hydrogens (tertiary/aromatic N) is 2. The highest BCUT2D eigenvalue weighted by Crippen LogP contribution is 2.30. The number of aromatic amines is 1. The molecule has 0 bridgehead atoms. The molecular weight excluding hydrogens is 378 g/mol. The second-order valence-corrected chi connectivity index (χ2v) is 8.20. The van der Waals surface area contributed by atoms with Gasteiger partial charge in [-0.1, -0.05) is 36.4 Å². The topological polar surface area (TPSA) is 41.1 Å². The smallest absolute Gasteiger partial charge is 0.123 e. The lowest BCUT2D eigenvalue weighted by Gasteiger charge is -2.25. The third kappa shape index (κ3) is 3.71. The number of aromatic nitrogens is 2. The summed E-state index contributed by atoms with van der Waals surface area (Å²) in [7, 11) is 1.70. The summed E-state index contributed by atoms with van der Waals surface area (Å²) in [6.07, 6.45) is 5.58. The number of benzene rings is 2. The number of rotatable bonds is 5. The first-order chi connectivity index (χ1) is 14.3. The molecule has 1 aliphatic rings. The molecule has 0 aliphatic carbocycles. The first kappa shape index (κ1) is 18.2. The van der Waals surface area contributed by atoms with Gasteiger partial charge in [-0.3, -0.25) is 4.90 Å². The van der Waals surface area contributed by atoms with Crippen LogP contribution in [0.15, 0.2) is 66.2 Å². The maximum absolute atomic E-state index is 5.33. The Labute approximate surface area is 174 Å². The second kappa shape index (κ2) is 7.85. The van der Waals surface area contributed by atoms with Crippen molar-refractivity contribution in [2.24, 2.45) is 0 Å². The molecule has 0 amide bonds.